The van der Waals surface area contributed by atoms with E-state index in [1.807, 2.05) is 6.92 Å². The predicted octanol–water partition coefficient (Wildman–Crippen LogP) is 1.84. The van der Waals surface area contributed by atoms with E-state index in [0.29, 0.717) is 6.54 Å². The summed E-state index contributed by atoms with van der Waals surface area (Å²) in [6, 6.07) is 0.117. The van der Waals surface area contributed by atoms with E-state index in [-0.39, 0.29) is 11.5 Å². The average Bonchev–Trinajstić information content (AvgIpc) is 2.37. The summed E-state index contributed by atoms with van der Waals surface area (Å²) in [5.41, 5.74) is 0.261. The van der Waals surface area contributed by atoms with Gasteiger partial charge in [-0.15, -0.1) is 0 Å². The minimum atomic E-state index is -0.496. The van der Waals surface area contributed by atoms with Crippen molar-refractivity contribution in [2.45, 2.75) is 58.4 Å². The molecule has 4 heteroatoms. The van der Waals surface area contributed by atoms with Crippen molar-refractivity contribution >= 4 is 11.8 Å². The molecule has 1 unspecified atom stereocenters. The van der Waals surface area contributed by atoms with Gasteiger partial charge < -0.3 is 10.6 Å². The molecule has 20 heavy (non-hydrogen) atoms. The van der Waals surface area contributed by atoms with E-state index in [0.717, 1.165) is 17.8 Å². The first kappa shape index (κ1) is 13.9. The third-order valence-corrected chi connectivity index (χ3v) is 5.90. The molecular formula is C16H26N2O2. The van der Waals surface area contributed by atoms with Crippen molar-refractivity contribution < 1.29 is 9.59 Å². The highest BCUT2D eigenvalue weighted by atomic mass is 16.2. The van der Waals surface area contributed by atoms with Gasteiger partial charge in [0, 0.05) is 12.6 Å². The van der Waals surface area contributed by atoms with Crippen LogP contribution in [-0.2, 0) is 9.59 Å². The maximum Gasteiger partial charge on any atom is 0.309 e. The van der Waals surface area contributed by atoms with Crippen LogP contribution in [0.15, 0.2) is 0 Å². The first-order chi connectivity index (χ1) is 9.52. The van der Waals surface area contributed by atoms with Crippen molar-refractivity contribution in [1.29, 1.82) is 0 Å². The Kier molecular flexibility index (Phi) is 3.51. The molecule has 2 amide bonds. The van der Waals surface area contributed by atoms with Gasteiger partial charge in [0.2, 0.25) is 0 Å². The monoisotopic (exact) mass is 278 g/mol. The van der Waals surface area contributed by atoms with Crippen LogP contribution in [0, 0.1) is 23.2 Å². The summed E-state index contributed by atoms with van der Waals surface area (Å²) >= 11 is 0. The van der Waals surface area contributed by atoms with Crippen molar-refractivity contribution in [3.8, 4) is 0 Å². The Morgan fingerprint density at radius 1 is 1.05 bits per heavy atom. The van der Waals surface area contributed by atoms with Crippen LogP contribution in [-0.4, -0.2) is 24.4 Å². The Hall–Kier alpha value is -1.06. The smallest absolute Gasteiger partial charge is 0.309 e. The molecule has 0 saturated heterocycles. The number of hydrogen-bond donors (Lipinski definition) is 2. The third-order valence-electron chi connectivity index (χ3n) is 5.90. The summed E-state index contributed by atoms with van der Waals surface area (Å²) in [4.78, 5) is 23.5. The van der Waals surface area contributed by atoms with E-state index in [2.05, 4.69) is 17.6 Å². The van der Waals surface area contributed by atoms with Crippen molar-refractivity contribution in [2.24, 2.45) is 23.2 Å². The lowest BCUT2D eigenvalue weighted by Crippen LogP contribution is -2.57. The van der Waals surface area contributed by atoms with Gasteiger partial charge in [-0.3, -0.25) is 9.59 Å². The highest BCUT2D eigenvalue weighted by molar-refractivity contribution is 6.35. The summed E-state index contributed by atoms with van der Waals surface area (Å²) in [7, 11) is 0. The molecule has 0 aromatic rings. The lowest BCUT2D eigenvalue weighted by Gasteiger charge is -2.59. The number of carbonyl (C=O) groups excluding carboxylic acids is 2. The normalized spacial score (nSPS) is 39.4. The van der Waals surface area contributed by atoms with Crippen LogP contribution in [0.5, 0.6) is 0 Å². The second-order valence-corrected chi connectivity index (χ2v) is 7.33. The molecular weight excluding hydrogens is 252 g/mol. The molecule has 0 aromatic carbocycles. The van der Waals surface area contributed by atoms with Gasteiger partial charge in [0.05, 0.1) is 0 Å². The Morgan fingerprint density at radius 2 is 1.55 bits per heavy atom. The molecule has 112 valence electrons. The van der Waals surface area contributed by atoms with Crippen LogP contribution in [0.2, 0.25) is 0 Å². The molecule has 0 aliphatic heterocycles. The van der Waals surface area contributed by atoms with Gasteiger partial charge in [0.1, 0.15) is 0 Å². The van der Waals surface area contributed by atoms with Crippen LogP contribution in [0.3, 0.4) is 0 Å². The Balaban J connectivity index is 1.66. The molecule has 4 fully saturated rings. The molecule has 4 aliphatic rings. The molecule has 4 bridgehead atoms. The fraction of sp³-hybridized carbons (Fsp3) is 0.875. The van der Waals surface area contributed by atoms with Crippen molar-refractivity contribution in [2.75, 3.05) is 6.54 Å². The number of hydrogen-bond acceptors (Lipinski definition) is 2. The van der Waals surface area contributed by atoms with E-state index in [1.165, 1.54) is 38.5 Å². The molecule has 0 spiro atoms. The summed E-state index contributed by atoms with van der Waals surface area (Å²) < 4.78 is 0. The molecule has 2 N–H and O–H groups in total. The van der Waals surface area contributed by atoms with Gasteiger partial charge >= 0.3 is 11.8 Å². The number of amides is 2. The highest BCUT2D eigenvalue weighted by Gasteiger charge is 2.53. The molecule has 4 saturated carbocycles. The minimum Gasteiger partial charge on any atom is -0.348 e. The van der Waals surface area contributed by atoms with Crippen molar-refractivity contribution in [3.05, 3.63) is 0 Å². The zero-order chi connectivity index (χ0) is 14.3. The lowest BCUT2D eigenvalue weighted by atomic mass is 9.48. The molecule has 4 rings (SSSR count). The van der Waals surface area contributed by atoms with E-state index in [4.69, 9.17) is 0 Å². The number of likely N-dealkylation sites (N-methyl/N-ethyl adjacent to an activating group) is 1. The average molecular weight is 278 g/mol. The number of nitrogens with one attached hydrogen (secondary N) is 2. The quantitative estimate of drug-likeness (QED) is 0.774. The van der Waals surface area contributed by atoms with Crippen molar-refractivity contribution in [3.63, 3.8) is 0 Å². The van der Waals surface area contributed by atoms with E-state index < -0.39 is 11.8 Å². The topological polar surface area (TPSA) is 58.2 Å². The Labute approximate surface area is 121 Å². The number of rotatable bonds is 3. The second kappa shape index (κ2) is 5.05. The fourth-order valence-corrected chi connectivity index (χ4v) is 5.36. The standard InChI is InChI=1S/C16H26N2O2/c1-3-17-14(19)15(20)18-10(2)16-7-11-4-12(8-16)6-13(5-11)9-16/h10-13H,3-9H2,1-2H3,(H,17,19)(H,18,20). The summed E-state index contributed by atoms with van der Waals surface area (Å²) in [5, 5.41) is 5.54. The lowest BCUT2D eigenvalue weighted by molar-refractivity contribution is -0.141. The SMILES string of the molecule is CCNC(=O)C(=O)NC(C)C12CC3CC(CC(C3)C1)C2. The molecule has 0 aromatic heterocycles. The Bertz CT molecular complexity index is 383. The van der Waals surface area contributed by atoms with Crippen LogP contribution in [0.1, 0.15) is 52.4 Å². The van der Waals surface area contributed by atoms with Crippen LogP contribution in [0.25, 0.3) is 0 Å². The minimum absolute atomic E-state index is 0.117. The van der Waals surface area contributed by atoms with Crippen molar-refractivity contribution in [1.82, 2.24) is 10.6 Å². The zero-order valence-corrected chi connectivity index (χ0v) is 12.6. The van der Waals surface area contributed by atoms with Gasteiger partial charge in [-0.05, 0) is 75.5 Å². The van der Waals surface area contributed by atoms with E-state index >= 15 is 0 Å². The number of carbonyl (C=O) groups is 2. The molecule has 4 aliphatic carbocycles. The second-order valence-electron chi connectivity index (χ2n) is 7.33. The predicted molar refractivity (Wildman–Crippen MR) is 76.9 cm³/mol. The first-order valence-electron chi connectivity index (χ1n) is 8.11. The highest BCUT2D eigenvalue weighted by Crippen LogP contribution is 2.61. The van der Waals surface area contributed by atoms with Gasteiger partial charge in [-0.1, -0.05) is 0 Å². The van der Waals surface area contributed by atoms with Crippen LogP contribution >= 0.6 is 0 Å². The summed E-state index contributed by atoms with van der Waals surface area (Å²) in [6.07, 6.45) is 7.93. The maximum absolute atomic E-state index is 11.9. The summed E-state index contributed by atoms with van der Waals surface area (Å²) in [6.45, 7) is 4.43. The maximum atomic E-state index is 11.9. The Morgan fingerprint density at radius 3 is 2.00 bits per heavy atom. The van der Waals surface area contributed by atoms with Gasteiger partial charge in [-0.25, -0.2) is 0 Å². The molecule has 0 radical (unpaired) electrons. The van der Waals surface area contributed by atoms with E-state index in [1.54, 1.807) is 0 Å². The molecule has 4 nitrogen and oxygen atoms in total. The fourth-order valence-electron chi connectivity index (χ4n) is 5.36. The molecule has 0 heterocycles. The van der Waals surface area contributed by atoms with Crippen LogP contribution in [0.4, 0.5) is 0 Å². The van der Waals surface area contributed by atoms with E-state index in [9.17, 15) is 9.59 Å². The molecule has 1 atom stereocenters. The third kappa shape index (κ3) is 2.33. The van der Waals surface area contributed by atoms with Gasteiger partial charge in [0.15, 0.2) is 0 Å². The van der Waals surface area contributed by atoms with Gasteiger partial charge in [-0.2, -0.15) is 0 Å². The largest absolute Gasteiger partial charge is 0.348 e. The van der Waals surface area contributed by atoms with Gasteiger partial charge in [0.25, 0.3) is 0 Å². The zero-order valence-electron chi connectivity index (χ0n) is 12.6. The van der Waals surface area contributed by atoms with Crippen LogP contribution < -0.4 is 10.6 Å². The first-order valence-corrected chi connectivity index (χ1v) is 8.11. The summed E-state index contributed by atoms with van der Waals surface area (Å²) in [5.74, 6) is 1.64.